The van der Waals surface area contributed by atoms with Gasteiger partial charge in [0.1, 0.15) is 4.90 Å². The van der Waals surface area contributed by atoms with E-state index in [1.165, 1.54) is 6.07 Å². The van der Waals surface area contributed by atoms with Crippen LogP contribution in [0.2, 0.25) is 0 Å². The van der Waals surface area contributed by atoms with Crippen molar-refractivity contribution in [2.45, 2.75) is 18.4 Å². The summed E-state index contributed by atoms with van der Waals surface area (Å²) in [5.74, 6) is 0.216. The van der Waals surface area contributed by atoms with Crippen LogP contribution in [0.4, 0.5) is 11.4 Å². The van der Waals surface area contributed by atoms with Gasteiger partial charge in [0.05, 0.1) is 0 Å². The smallest absolute Gasteiger partial charge is 0.285 e. The number of sulfonamides is 1. The van der Waals surface area contributed by atoms with E-state index in [2.05, 4.69) is 9.71 Å². The van der Waals surface area contributed by atoms with E-state index in [0.717, 1.165) is 11.3 Å². The van der Waals surface area contributed by atoms with Crippen LogP contribution in [0.5, 0.6) is 0 Å². The number of amidine groups is 1. The van der Waals surface area contributed by atoms with Gasteiger partial charge < -0.3 is 15.1 Å². The van der Waals surface area contributed by atoms with Gasteiger partial charge in [-0.25, -0.2) is 0 Å². The predicted octanol–water partition coefficient (Wildman–Crippen LogP) is 3.98. The summed E-state index contributed by atoms with van der Waals surface area (Å²) < 4.78 is 28.3. The topological polar surface area (TPSA) is 82.1 Å². The van der Waals surface area contributed by atoms with Gasteiger partial charge in [-0.2, -0.15) is 8.42 Å². The molecule has 1 aliphatic rings. The average molecular weight is 463 g/mol. The second-order valence-electron chi connectivity index (χ2n) is 7.99. The Kier molecular flexibility index (Phi) is 6.20. The lowest BCUT2D eigenvalue weighted by atomic mass is 10.1. The van der Waals surface area contributed by atoms with Gasteiger partial charge in [-0.05, 0) is 61.0 Å². The monoisotopic (exact) mass is 462 g/mol. The second-order valence-corrected chi connectivity index (χ2v) is 9.57. The zero-order chi connectivity index (χ0) is 23.6. The van der Waals surface area contributed by atoms with Crippen molar-refractivity contribution >= 4 is 33.1 Å². The van der Waals surface area contributed by atoms with Crippen LogP contribution in [0.15, 0.2) is 82.1 Å². The van der Waals surface area contributed by atoms with Crippen molar-refractivity contribution in [1.29, 1.82) is 0 Å². The summed E-state index contributed by atoms with van der Waals surface area (Å²) in [6, 6.07) is 21.8. The molecule has 8 heteroatoms. The quantitative estimate of drug-likeness (QED) is 0.599. The van der Waals surface area contributed by atoms with Crippen LogP contribution in [-0.4, -0.2) is 45.7 Å². The number of carbonyl (C=O) groups is 1. The first-order chi connectivity index (χ1) is 15.8. The lowest BCUT2D eigenvalue weighted by molar-refractivity contribution is 0.0752. The molecule has 0 atom stereocenters. The van der Waals surface area contributed by atoms with Crippen LogP contribution in [0.1, 0.15) is 28.4 Å². The molecule has 0 aromatic heterocycles. The fraction of sp³-hybridized carbons (Fsp3) is 0.200. The third kappa shape index (κ3) is 4.75. The van der Waals surface area contributed by atoms with Gasteiger partial charge in [-0.15, -0.1) is 4.40 Å². The van der Waals surface area contributed by atoms with E-state index in [4.69, 9.17) is 0 Å². The Morgan fingerprint density at radius 1 is 0.939 bits per heavy atom. The average Bonchev–Trinajstić information content (AvgIpc) is 3.07. The molecule has 1 aliphatic heterocycles. The van der Waals surface area contributed by atoms with Crippen molar-refractivity contribution < 1.29 is 13.2 Å². The maximum atomic E-state index is 13.1. The van der Waals surface area contributed by atoms with Gasteiger partial charge in [0.15, 0.2) is 5.84 Å². The molecule has 170 valence electrons. The standard InChI is InChI=1S/C25H26N4O3S/c1-4-29(17-18-9-15-21(16-10-18)28(2)3)25(30)19-11-13-20(14-12-19)26-24-22-7-5-6-8-23(22)33(31,32)27-24/h5-16H,4,17H2,1-3H3,(H,26,27). The Balaban J connectivity index is 1.46. The summed E-state index contributed by atoms with van der Waals surface area (Å²) in [7, 11) is 0.298. The number of nitrogens with one attached hydrogen (secondary N) is 1. The maximum Gasteiger partial charge on any atom is 0.285 e. The van der Waals surface area contributed by atoms with Crippen molar-refractivity contribution in [2.75, 3.05) is 30.9 Å². The molecule has 4 rings (SSSR count). The predicted molar refractivity (Wildman–Crippen MR) is 131 cm³/mol. The number of hydrogen-bond donors (Lipinski definition) is 1. The van der Waals surface area contributed by atoms with Crippen molar-refractivity contribution in [3.05, 3.63) is 89.5 Å². The van der Waals surface area contributed by atoms with Crippen molar-refractivity contribution in [3.63, 3.8) is 0 Å². The van der Waals surface area contributed by atoms with E-state index in [-0.39, 0.29) is 16.6 Å². The molecular formula is C25H26N4O3S. The maximum absolute atomic E-state index is 13.1. The molecule has 1 amide bonds. The minimum absolute atomic E-state index is 0.0631. The summed E-state index contributed by atoms with van der Waals surface area (Å²) >= 11 is 0. The minimum Gasteiger partial charge on any atom is -0.378 e. The second kappa shape index (κ2) is 9.07. The van der Waals surface area contributed by atoms with Gasteiger partial charge in [0.25, 0.3) is 15.9 Å². The fourth-order valence-corrected chi connectivity index (χ4v) is 4.83. The number of benzene rings is 3. The molecule has 0 aliphatic carbocycles. The van der Waals surface area contributed by atoms with Crippen molar-refractivity contribution in [1.82, 2.24) is 4.90 Å². The van der Waals surface area contributed by atoms with Crippen LogP contribution < -0.4 is 10.2 Å². The normalized spacial score (nSPS) is 13.7. The fourth-order valence-electron chi connectivity index (χ4n) is 3.66. The summed E-state index contributed by atoms with van der Waals surface area (Å²) in [6.45, 7) is 3.06. The molecule has 0 saturated carbocycles. The third-order valence-corrected chi connectivity index (χ3v) is 6.86. The van der Waals surface area contributed by atoms with E-state index in [0.29, 0.717) is 29.9 Å². The summed E-state index contributed by atoms with van der Waals surface area (Å²) in [6.07, 6.45) is 0. The van der Waals surface area contributed by atoms with Crippen molar-refractivity contribution in [3.8, 4) is 0 Å². The number of rotatable bonds is 6. The highest BCUT2D eigenvalue weighted by Crippen LogP contribution is 2.27. The number of hydrogen-bond acceptors (Lipinski definition) is 5. The third-order valence-electron chi connectivity index (χ3n) is 5.52. The Bertz CT molecular complexity index is 1300. The van der Waals surface area contributed by atoms with Gasteiger partial charge in [-0.1, -0.05) is 24.3 Å². The number of fused-ring (bicyclic) bond motifs is 1. The highest BCUT2D eigenvalue weighted by atomic mass is 32.2. The van der Waals surface area contributed by atoms with Crippen LogP contribution >= 0.6 is 0 Å². The largest absolute Gasteiger partial charge is 0.378 e. The van der Waals surface area contributed by atoms with Gasteiger partial charge in [-0.3, -0.25) is 4.79 Å². The SMILES string of the molecule is CCN(Cc1ccc(N(C)C)cc1)C(=O)c1ccc(NC2=NS(=O)(=O)c3ccccc32)cc1. The van der Waals surface area contributed by atoms with Crippen molar-refractivity contribution in [2.24, 2.45) is 4.40 Å². The Hall–Kier alpha value is -3.65. The van der Waals surface area contributed by atoms with Crippen LogP contribution in [0.3, 0.4) is 0 Å². The first-order valence-electron chi connectivity index (χ1n) is 10.7. The summed E-state index contributed by atoms with van der Waals surface area (Å²) in [4.78, 5) is 17.1. The Morgan fingerprint density at radius 3 is 2.24 bits per heavy atom. The van der Waals surface area contributed by atoms with E-state index in [1.54, 1.807) is 47.4 Å². The minimum atomic E-state index is -3.69. The molecule has 0 saturated heterocycles. The summed E-state index contributed by atoms with van der Waals surface area (Å²) in [5.41, 5.74) is 3.93. The number of amides is 1. The van der Waals surface area contributed by atoms with Gasteiger partial charge in [0, 0.05) is 49.7 Å². The molecule has 0 spiro atoms. The first-order valence-corrected chi connectivity index (χ1v) is 12.1. The molecule has 3 aromatic rings. The van der Waals surface area contributed by atoms with E-state index < -0.39 is 10.0 Å². The summed E-state index contributed by atoms with van der Waals surface area (Å²) in [5, 5.41) is 3.06. The highest BCUT2D eigenvalue weighted by molar-refractivity contribution is 7.90. The van der Waals surface area contributed by atoms with E-state index in [9.17, 15) is 13.2 Å². The zero-order valence-electron chi connectivity index (χ0n) is 18.8. The van der Waals surface area contributed by atoms with Gasteiger partial charge >= 0.3 is 0 Å². The molecule has 1 heterocycles. The number of nitrogens with zero attached hydrogens (tertiary/aromatic N) is 3. The zero-order valence-corrected chi connectivity index (χ0v) is 19.6. The van der Waals surface area contributed by atoms with E-state index in [1.807, 2.05) is 50.2 Å². The molecule has 1 N–H and O–H groups in total. The molecule has 0 radical (unpaired) electrons. The van der Waals surface area contributed by atoms with Crippen LogP contribution in [0, 0.1) is 0 Å². The molecule has 0 fully saturated rings. The number of anilines is 2. The molecule has 3 aromatic carbocycles. The Morgan fingerprint density at radius 2 is 1.61 bits per heavy atom. The molecule has 0 bridgehead atoms. The molecule has 33 heavy (non-hydrogen) atoms. The lowest BCUT2D eigenvalue weighted by Gasteiger charge is -2.22. The first kappa shape index (κ1) is 22.5. The molecule has 7 nitrogen and oxygen atoms in total. The van der Waals surface area contributed by atoms with Crippen LogP contribution in [0.25, 0.3) is 0 Å². The number of carbonyl (C=O) groups excluding carboxylic acids is 1. The lowest BCUT2D eigenvalue weighted by Crippen LogP contribution is -2.30. The molecule has 0 unspecified atom stereocenters. The van der Waals surface area contributed by atoms with Crippen LogP contribution in [-0.2, 0) is 16.6 Å². The van der Waals surface area contributed by atoms with Gasteiger partial charge in [0.2, 0.25) is 0 Å². The molecular weight excluding hydrogens is 436 g/mol. The highest BCUT2D eigenvalue weighted by Gasteiger charge is 2.28. The Labute approximate surface area is 194 Å². The van der Waals surface area contributed by atoms with E-state index >= 15 is 0 Å².